The molecule has 186 valence electrons. The zero-order valence-electron chi connectivity index (χ0n) is 19.9. The van der Waals surface area contributed by atoms with Gasteiger partial charge in [0.2, 0.25) is 10.0 Å². The van der Waals surface area contributed by atoms with Gasteiger partial charge in [-0.15, -0.1) is 5.10 Å². The van der Waals surface area contributed by atoms with Crippen LogP contribution in [0.5, 0.6) is 0 Å². The van der Waals surface area contributed by atoms with Crippen LogP contribution in [-0.2, 0) is 16.6 Å². The zero-order chi connectivity index (χ0) is 24.5. The number of aromatic nitrogens is 2. The van der Waals surface area contributed by atoms with E-state index >= 15 is 0 Å². The number of piperidine rings is 1. The summed E-state index contributed by atoms with van der Waals surface area (Å²) in [5.74, 6) is 0.119. The molecule has 4 rings (SSSR count). The molecule has 0 radical (unpaired) electrons. The van der Waals surface area contributed by atoms with Crippen molar-refractivity contribution in [1.29, 1.82) is 0 Å². The zero-order valence-corrected chi connectivity index (χ0v) is 20.8. The number of nitrogens with one attached hydrogen (secondary N) is 1. The minimum absolute atomic E-state index is 0.119. The summed E-state index contributed by atoms with van der Waals surface area (Å²) in [6.07, 6.45) is 2.98. The van der Waals surface area contributed by atoms with Crippen LogP contribution < -0.4 is 9.62 Å². The molecule has 0 bridgehead atoms. The molecule has 1 atom stereocenters. The fraction of sp³-hybridized carbons (Fsp3) is 0.565. The Morgan fingerprint density at radius 3 is 2.59 bits per heavy atom. The van der Waals surface area contributed by atoms with E-state index in [0.717, 1.165) is 32.4 Å². The molecule has 11 heteroatoms. The van der Waals surface area contributed by atoms with Crippen LogP contribution in [0, 0.1) is 6.92 Å². The fourth-order valence-electron chi connectivity index (χ4n) is 4.64. The van der Waals surface area contributed by atoms with Crippen molar-refractivity contribution in [3.63, 3.8) is 0 Å². The smallest absolute Gasteiger partial charge is 0.344 e. The predicted molar refractivity (Wildman–Crippen MR) is 130 cm³/mol. The lowest BCUT2D eigenvalue weighted by molar-refractivity contribution is 0.0921. The standard InChI is InChI=1S/C23H33FN6O3S/c1-17-4-5-19(14-21(17)27-9-6-20(24)7-10-27)16-28-12-13-29(15-18(28)2)23(31)30-11-8-22(25-30)26-34(3,32)33/h4-5,8,11,14,18,20H,6-7,9-10,12-13,15-16H2,1-3H3,(H,25,26)/t18-/m0/s1. The molecule has 2 aliphatic rings. The van der Waals surface area contributed by atoms with Crippen molar-refractivity contribution in [2.24, 2.45) is 0 Å². The Hall–Kier alpha value is -2.66. The molecule has 34 heavy (non-hydrogen) atoms. The SMILES string of the molecule is Cc1ccc(CN2CCN(C(=O)n3ccc(NS(C)(=O)=O)n3)C[C@@H]2C)cc1N1CCC(F)CC1. The average Bonchev–Trinajstić information content (AvgIpc) is 3.23. The highest BCUT2D eigenvalue weighted by atomic mass is 32.2. The minimum atomic E-state index is -3.45. The molecule has 2 fully saturated rings. The Morgan fingerprint density at radius 2 is 1.91 bits per heavy atom. The Bertz CT molecular complexity index is 1130. The number of piperazine rings is 1. The first-order chi connectivity index (χ1) is 16.1. The molecular weight excluding hydrogens is 459 g/mol. The third kappa shape index (κ3) is 5.87. The van der Waals surface area contributed by atoms with Crippen molar-refractivity contribution in [2.45, 2.75) is 45.4 Å². The summed E-state index contributed by atoms with van der Waals surface area (Å²) in [4.78, 5) is 19.2. The summed E-state index contributed by atoms with van der Waals surface area (Å²) in [5, 5.41) is 4.04. The predicted octanol–water partition coefficient (Wildman–Crippen LogP) is 2.68. The third-order valence-electron chi connectivity index (χ3n) is 6.54. The Labute approximate surface area is 200 Å². The molecule has 0 unspecified atom stereocenters. The van der Waals surface area contributed by atoms with E-state index in [1.54, 1.807) is 4.90 Å². The number of halogens is 1. The topological polar surface area (TPSA) is 90.8 Å². The van der Waals surface area contributed by atoms with Crippen LogP contribution >= 0.6 is 0 Å². The van der Waals surface area contributed by atoms with Gasteiger partial charge in [0.05, 0.1) is 6.26 Å². The molecular formula is C23H33FN6O3S. The summed E-state index contributed by atoms with van der Waals surface area (Å²) >= 11 is 0. The number of anilines is 2. The molecule has 1 aromatic carbocycles. The lowest BCUT2D eigenvalue weighted by atomic mass is 10.0. The maximum Gasteiger partial charge on any atom is 0.344 e. The first-order valence-corrected chi connectivity index (χ1v) is 13.5. The van der Waals surface area contributed by atoms with Crippen molar-refractivity contribution < 1.29 is 17.6 Å². The lowest BCUT2D eigenvalue weighted by Gasteiger charge is -2.39. The minimum Gasteiger partial charge on any atom is -0.371 e. The Balaban J connectivity index is 1.37. The summed E-state index contributed by atoms with van der Waals surface area (Å²) in [6, 6.07) is 7.83. The second-order valence-corrected chi connectivity index (χ2v) is 11.1. The van der Waals surface area contributed by atoms with Gasteiger partial charge in [-0.05, 0) is 43.9 Å². The van der Waals surface area contributed by atoms with E-state index < -0.39 is 16.2 Å². The van der Waals surface area contributed by atoms with Crippen LogP contribution in [0.3, 0.4) is 0 Å². The number of hydrogen-bond donors (Lipinski definition) is 1. The van der Waals surface area contributed by atoms with Gasteiger partial charge < -0.3 is 9.80 Å². The molecule has 2 saturated heterocycles. The van der Waals surface area contributed by atoms with Crippen molar-refractivity contribution >= 4 is 27.6 Å². The van der Waals surface area contributed by atoms with Gasteiger partial charge in [-0.25, -0.2) is 17.6 Å². The number of carbonyl (C=O) groups excluding carboxylic acids is 1. The van der Waals surface area contributed by atoms with Gasteiger partial charge in [-0.1, -0.05) is 12.1 Å². The van der Waals surface area contributed by atoms with Crippen molar-refractivity contribution in [2.75, 3.05) is 48.6 Å². The van der Waals surface area contributed by atoms with Crippen LogP contribution in [0.15, 0.2) is 30.5 Å². The van der Waals surface area contributed by atoms with Crippen molar-refractivity contribution in [3.05, 3.63) is 41.6 Å². The highest BCUT2D eigenvalue weighted by Gasteiger charge is 2.28. The van der Waals surface area contributed by atoms with E-state index in [1.807, 2.05) is 0 Å². The summed E-state index contributed by atoms with van der Waals surface area (Å²) in [6.45, 7) is 8.30. The molecule has 0 spiro atoms. The monoisotopic (exact) mass is 492 g/mol. The largest absolute Gasteiger partial charge is 0.371 e. The quantitative estimate of drug-likeness (QED) is 0.690. The van der Waals surface area contributed by atoms with Crippen LogP contribution in [0.2, 0.25) is 0 Å². The van der Waals surface area contributed by atoms with Gasteiger partial charge >= 0.3 is 6.03 Å². The van der Waals surface area contributed by atoms with Gasteiger partial charge in [-0.2, -0.15) is 4.68 Å². The van der Waals surface area contributed by atoms with Crippen LogP contribution in [0.4, 0.5) is 20.7 Å². The van der Waals surface area contributed by atoms with E-state index in [-0.39, 0.29) is 17.9 Å². The average molecular weight is 493 g/mol. The molecule has 1 N–H and O–H groups in total. The van der Waals surface area contributed by atoms with E-state index in [2.05, 4.69) is 51.7 Å². The van der Waals surface area contributed by atoms with Crippen molar-refractivity contribution in [3.8, 4) is 0 Å². The van der Waals surface area contributed by atoms with Gasteiger partial charge in [0, 0.05) is 63.3 Å². The maximum atomic E-state index is 13.6. The molecule has 0 saturated carbocycles. The molecule has 3 heterocycles. The lowest BCUT2D eigenvalue weighted by Crippen LogP contribution is -2.54. The van der Waals surface area contributed by atoms with E-state index in [0.29, 0.717) is 25.9 Å². The van der Waals surface area contributed by atoms with Gasteiger partial charge in [0.25, 0.3) is 0 Å². The highest BCUT2D eigenvalue weighted by Crippen LogP contribution is 2.27. The summed E-state index contributed by atoms with van der Waals surface area (Å²) < 4.78 is 39.8. The molecule has 2 aromatic rings. The van der Waals surface area contributed by atoms with E-state index in [4.69, 9.17) is 0 Å². The van der Waals surface area contributed by atoms with Crippen molar-refractivity contribution in [1.82, 2.24) is 19.6 Å². The second-order valence-electron chi connectivity index (χ2n) is 9.35. The van der Waals surface area contributed by atoms with Crippen LogP contribution in [-0.4, -0.2) is 85.2 Å². The van der Waals surface area contributed by atoms with Gasteiger partial charge in [0.1, 0.15) is 6.17 Å². The van der Waals surface area contributed by atoms with E-state index in [9.17, 15) is 17.6 Å². The van der Waals surface area contributed by atoms with Gasteiger partial charge in [-0.3, -0.25) is 9.62 Å². The Kier molecular flexibility index (Phi) is 7.13. The number of sulfonamides is 1. The maximum absolute atomic E-state index is 13.6. The molecule has 2 aliphatic heterocycles. The third-order valence-corrected chi connectivity index (χ3v) is 7.11. The number of alkyl halides is 1. The number of carbonyl (C=O) groups is 1. The summed E-state index contributed by atoms with van der Waals surface area (Å²) in [5.41, 5.74) is 3.59. The number of rotatable bonds is 5. The molecule has 9 nitrogen and oxygen atoms in total. The number of nitrogens with zero attached hydrogens (tertiary/aromatic N) is 5. The first-order valence-electron chi connectivity index (χ1n) is 11.6. The van der Waals surface area contributed by atoms with E-state index in [1.165, 1.54) is 33.8 Å². The van der Waals surface area contributed by atoms with Crippen LogP contribution in [0.25, 0.3) is 0 Å². The van der Waals surface area contributed by atoms with Gasteiger partial charge in [0.15, 0.2) is 5.82 Å². The molecule has 1 aromatic heterocycles. The molecule has 0 aliphatic carbocycles. The first kappa shape index (κ1) is 24.5. The Morgan fingerprint density at radius 1 is 1.18 bits per heavy atom. The second kappa shape index (κ2) is 9.91. The highest BCUT2D eigenvalue weighted by molar-refractivity contribution is 7.92. The number of benzene rings is 1. The molecule has 1 amide bonds. The number of amides is 1. The summed E-state index contributed by atoms with van der Waals surface area (Å²) in [7, 11) is -3.45. The number of aryl methyl sites for hydroxylation is 1. The van der Waals surface area contributed by atoms with Crippen LogP contribution in [0.1, 0.15) is 30.9 Å². The fourth-order valence-corrected chi connectivity index (χ4v) is 5.13. The number of hydrogen-bond acceptors (Lipinski definition) is 6. The normalized spacial score (nSPS) is 20.5.